The van der Waals surface area contributed by atoms with Crippen molar-refractivity contribution in [2.45, 2.75) is 12.7 Å². The van der Waals surface area contributed by atoms with E-state index in [2.05, 4.69) is 17.7 Å². The first-order valence-corrected chi connectivity index (χ1v) is 6.14. The maximum atomic E-state index is 11.6. The van der Waals surface area contributed by atoms with E-state index >= 15 is 0 Å². The molecular formula is C13H14N2O2S. The van der Waals surface area contributed by atoms with Crippen LogP contribution >= 0.6 is 12.6 Å². The van der Waals surface area contributed by atoms with Crippen LogP contribution in [0.4, 0.5) is 0 Å². The van der Waals surface area contributed by atoms with E-state index in [9.17, 15) is 4.79 Å². The van der Waals surface area contributed by atoms with Crippen LogP contribution in [0.5, 0.6) is 5.75 Å². The van der Waals surface area contributed by atoms with Gasteiger partial charge in [-0.25, -0.2) is 4.68 Å². The molecule has 4 nitrogen and oxygen atoms in total. The molecular weight excluding hydrogens is 248 g/mol. The Balaban J connectivity index is 2.59. The molecule has 0 amide bonds. The SMILES string of the molecule is COc1cccc(-n2nc(CS)c(=O)cc2C)c1. The highest BCUT2D eigenvalue weighted by Crippen LogP contribution is 2.16. The Morgan fingerprint density at radius 3 is 2.83 bits per heavy atom. The van der Waals surface area contributed by atoms with E-state index < -0.39 is 0 Å². The summed E-state index contributed by atoms with van der Waals surface area (Å²) in [7, 11) is 1.62. The standard InChI is InChI=1S/C13H14N2O2S/c1-9-6-13(16)12(8-18)14-15(9)10-4-3-5-11(7-10)17-2/h3-7,18H,8H2,1-2H3. The quantitative estimate of drug-likeness (QED) is 0.860. The fourth-order valence-corrected chi connectivity index (χ4v) is 1.92. The number of ether oxygens (including phenoxy) is 1. The number of thiol groups is 1. The van der Waals surface area contributed by atoms with Gasteiger partial charge in [-0.1, -0.05) is 6.07 Å². The monoisotopic (exact) mass is 262 g/mol. The first kappa shape index (κ1) is 12.7. The summed E-state index contributed by atoms with van der Waals surface area (Å²) in [6, 6.07) is 9.09. The molecule has 0 unspecified atom stereocenters. The third-order valence-corrected chi connectivity index (χ3v) is 2.93. The highest BCUT2D eigenvalue weighted by atomic mass is 32.1. The molecule has 1 aromatic carbocycles. The summed E-state index contributed by atoms with van der Waals surface area (Å²) in [4.78, 5) is 11.6. The van der Waals surface area contributed by atoms with E-state index in [0.717, 1.165) is 17.1 Å². The van der Waals surface area contributed by atoms with Gasteiger partial charge in [0, 0.05) is 23.6 Å². The average molecular weight is 262 g/mol. The van der Waals surface area contributed by atoms with Gasteiger partial charge in [0.25, 0.3) is 0 Å². The maximum absolute atomic E-state index is 11.6. The number of benzene rings is 1. The lowest BCUT2D eigenvalue weighted by Gasteiger charge is -2.11. The van der Waals surface area contributed by atoms with E-state index in [4.69, 9.17) is 4.74 Å². The molecule has 1 aromatic heterocycles. The Hall–Kier alpha value is -1.75. The normalized spacial score (nSPS) is 10.4. The van der Waals surface area contributed by atoms with Crippen molar-refractivity contribution in [1.29, 1.82) is 0 Å². The Morgan fingerprint density at radius 1 is 1.39 bits per heavy atom. The van der Waals surface area contributed by atoms with Crippen molar-refractivity contribution in [2.24, 2.45) is 0 Å². The van der Waals surface area contributed by atoms with Gasteiger partial charge in [0.2, 0.25) is 5.43 Å². The zero-order chi connectivity index (χ0) is 13.1. The number of methoxy groups -OCH3 is 1. The van der Waals surface area contributed by atoms with E-state index in [1.165, 1.54) is 0 Å². The first-order chi connectivity index (χ1) is 8.65. The van der Waals surface area contributed by atoms with Crippen LogP contribution in [0.1, 0.15) is 11.4 Å². The smallest absolute Gasteiger partial charge is 0.204 e. The van der Waals surface area contributed by atoms with Crippen LogP contribution in [0.15, 0.2) is 35.1 Å². The van der Waals surface area contributed by atoms with Gasteiger partial charge in [0.15, 0.2) is 0 Å². The van der Waals surface area contributed by atoms with Crippen LogP contribution < -0.4 is 10.2 Å². The van der Waals surface area contributed by atoms with E-state index in [-0.39, 0.29) is 5.43 Å². The molecule has 0 aliphatic carbocycles. The van der Waals surface area contributed by atoms with E-state index in [1.54, 1.807) is 17.9 Å². The predicted octanol–water partition coefficient (Wildman–Crippen LogP) is 1.98. The molecule has 5 heteroatoms. The molecule has 0 aliphatic heterocycles. The molecule has 94 valence electrons. The number of hydrogen-bond acceptors (Lipinski definition) is 4. The summed E-state index contributed by atoms with van der Waals surface area (Å²) in [6.07, 6.45) is 0. The Labute approximate surface area is 111 Å². The van der Waals surface area contributed by atoms with Crippen LogP contribution in [0.25, 0.3) is 5.69 Å². The lowest BCUT2D eigenvalue weighted by molar-refractivity contribution is 0.414. The molecule has 0 spiro atoms. The molecule has 0 aliphatic rings. The van der Waals surface area contributed by atoms with Gasteiger partial charge >= 0.3 is 0 Å². The van der Waals surface area contributed by atoms with Crippen molar-refractivity contribution in [2.75, 3.05) is 7.11 Å². The maximum Gasteiger partial charge on any atom is 0.204 e. The lowest BCUT2D eigenvalue weighted by Crippen LogP contribution is -2.17. The number of hydrogen-bond donors (Lipinski definition) is 1. The lowest BCUT2D eigenvalue weighted by atomic mass is 10.2. The van der Waals surface area contributed by atoms with Crippen LogP contribution in [-0.2, 0) is 5.75 Å². The second-order valence-corrected chi connectivity index (χ2v) is 4.18. The fourth-order valence-electron chi connectivity index (χ4n) is 1.70. The number of aryl methyl sites for hydroxylation is 1. The van der Waals surface area contributed by atoms with Gasteiger partial charge in [0.05, 0.1) is 12.8 Å². The van der Waals surface area contributed by atoms with Gasteiger partial charge in [-0.3, -0.25) is 4.79 Å². The van der Waals surface area contributed by atoms with Crippen LogP contribution in [0.2, 0.25) is 0 Å². The van der Waals surface area contributed by atoms with Crippen molar-refractivity contribution >= 4 is 12.6 Å². The van der Waals surface area contributed by atoms with Gasteiger partial charge in [-0.05, 0) is 19.1 Å². The van der Waals surface area contributed by atoms with Gasteiger partial charge in [0.1, 0.15) is 11.4 Å². The molecule has 0 saturated carbocycles. The Morgan fingerprint density at radius 2 is 2.17 bits per heavy atom. The predicted molar refractivity (Wildman–Crippen MR) is 73.8 cm³/mol. The highest BCUT2D eigenvalue weighted by Gasteiger charge is 2.06. The molecule has 0 bridgehead atoms. The minimum Gasteiger partial charge on any atom is -0.497 e. The van der Waals surface area contributed by atoms with Crippen molar-refractivity contribution in [3.05, 3.63) is 51.9 Å². The fraction of sp³-hybridized carbons (Fsp3) is 0.231. The summed E-state index contributed by atoms with van der Waals surface area (Å²) in [5.74, 6) is 1.07. The number of aromatic nitrogens is 2. The third kappa shape index (κ3) is 2.41. The number of rotatable bonds is 3. The van der Waals surface area contributed by atoms with Crippen molar-refractivity contribution in [3.63, 3.8) is 0 Å². The first-order valence-electron chi connectivity index (χ1n) is 5.51. The zero-order valence-corrected chi connectivity index (χ0v) is 11.1. The molecule has 2 aromatic rings. The largest absolute Gasteiger partial charge is 0.497 e. The minimum atomic E-state index is -0.0818. The van der Waals surface area contributed by atoms with E-state index in [0.29, 0.717) is 11.4 Å². The Bertz CT molecular complexity index is 623. The molecule has 0 fully saturated rings. The van der Waals surface area contributed by atoms with Crippen LogP contribution in [0, 0.1) is 6.92 Å². The summed E-state index contributed by atoms with van der Waals surface area (Å²) in [5.41, 5.74) is 1.99. The zero-order valence-electron chi connectivity index (χ0n) is 10.3. The minimum absolute atomic E-state index is 0.0818. The van der Waals surface area contributed by atoms with Crippen molar-refractivity contribution in [1.82, 2.24) is 9.78 Å². The third-order valence-electron chi connectivity index (χ3n) is 2.63. The van der Waals surface area contributed by atoms with Crippen molar-refractivity contribution < 1.29 is 4.74 Å². The second-order valence-electron chi connectivity index (χ2n) is 3.87. The molecule has 0 saturated heterocycles. The molecule has 18 heavy (non-hydrogen) atoms. The summed E-state index contributed by atoms with van der Waals surface area (Å²) in [6.45, 7) is 1.84. The number of nitrogens with zero attached hydrogens (tertiary/aromatic N) is 2. The topological polar surface area (TPSA) is 44.1 Å². The average Bonchev–Trinajstić information content (AvgIpc) is 2.39. The molecule has 0 atom stereocenters. The van der Waals surface area contributed by atoms with Gasteiger partial charge < -0.3 is 4.74 Å². The van der Waals surface area contributed by atoms with Gasteiger partial charge in [-0.15, -0.1) is 0 Å². The molecule has 1 heterocycles. The summed E-state index contributed by atoms with van der Waals surface area (Å²) in [5, 5.41) is 4.31. The Kier molecular flexibility index (Phi) is 3.72. The van der Waals surface area contributed by atoms with Gasteiger partial charge in [-0.2, -0.15) is 17.7 Å². The van der Waals surface area contributed by atoms with Crippen LogP contribution in [-0.4, -0.2) is 16.9 Å². The second kappa shape index (κ2) is 5.27. The molecule has 2 rings (SSSR count). The molecule has 0 radical (unpaired) electrons. The van der Waals surface area contributed by atoms with Crippen molar-refractivity contribution in [3.8, 4) is 11.4 Å². The van der Waals surface area contributed by atoms with Crippen LogP contribution in [0.3, 0.4) is 0 Å². The highest BCUT2D eigenvalue weighted by molar-refractivity contribution is 7.79. The molecule has 0 N–H and O–H groups in total. The van der Waals surface area contributed by atoms with E-state index in [1.807, 2.05) is 31.2 Å². The summed E-state index contributed by atoms with van der Waals surface area (Å²) < 4.78 is 6.90. The summed E-state index contributed by atoms with van der Waals surface area (Å²) >= 11 is 4.11.